The Labute approximate surface area is 182 Å². The van der Waals surface area contributed by atoms with Gasteiger partial charge in [0.25, 0.3) is 0 Å². The summed E-state index contributed by atoms with van der Waals surface area (Å²) >= 11 is 0. The van der Waals surface area contributed by atoms with Gasteiger partial charge in [-0.2, -0.15) is 0 Å². The Morgan fingerprint density at radius 1 is 1.10 bits per heavy atom. The maximum atomic E-state index is 12.1. The van der Waals surface area contributed by atoms with Gasteiger partial charge in [-0.05, 0) is 48.7 Å². The lowest BCUT2D eigenvalue weighted by Gasteiger charge is -2.09. The van der Waals surface area contributed by atoms with Gasteiger partial charge in [-0.25, -0.2) is 0 Å². The van der Waals surface area contributed by atoms with E-state index in [4.69, 9.17) is 9.47 Å². The summed E-state index contributed by atoms with van der Waals surface area (Å²) in [5.74, 6) is -0.0825. The second-order valence-corrected chi connectivity index (χ2v) is 7.37. The number of rotatable bonds is 8. The van der Waals surface area contributed by atoms with Crippen LogP contribution in [0.1, 0.15) is 26.3 Å². The Bertz CT molecular complexity index is 1150. The van der Waals surface area contributed by atoms with Gasteiger partial charge < -0.3 is 14.0 Å². The fourth-order valence-corrected chi connectivity index (χ4v) is 3.61. The fraction of sp³-hybridized carbons (Fsp3) is 0.231. The average molecular weight is 418 g/mol. The van der Waals surface area contributed by atoms with E-state index in [1.54, 1.807) is 19.1 Å². The number of allylic oxidation sites excluding steroid dienone is 3. The number of fused-ring (bicyclic) bond motifs is 1. The third kappa shape index (κ3) is 5.51. The molecular formula is C26H27NO4. The lowest BCUT2D eigenvalue weighted by Crippen LogP contribution is -2.07. The molecule has 1 aromatic heterocycles. The second kappa shape index (κ2) is 9.94. The Kier molecular flexibility index (Phi) is 7.08. The molecule has 0 saturated heterocycles. The molecule has 0 aliphatic heterocycles. The van der Waals surface area contributed by atoms with Crippen molar-refractivity contribution < 1.29 is 19.1 Å². The van der Waals surface area contributed by atoms with Crippen LogP contribution in [-0.4, -0.2) is 23.1 Å². The molecule has 2 aromatic carbocycles. The summed E-state index contributed by atoms with van der Waals surface area (Å²) in [7, 11) is 0. The van der Waals surface area contributed by atoms with E-state index in [2.05, 4.69) is 17.2 Å². The number of ether oxygens (including phenoxy) is 2. The van der Waals surface area contributed by atoms with Gasteiger partial charge in [0.2, 0.25) is 0 Å². The van der Waals surface area contributed by atoms with Gasteiger partial charge in [0.05, 0.1) is 13.0 Å². The highest BCUT2D eigenvalue weighted by Crippen LogP contribution is 2.30. The van der Waals surface area contributed by atoms with Gasteiger partial charge in [-0.15, -0.1) is 0 Å². The summed E-state index contributed by atoms with van der Waals surface area (Å²) in [6.45, 7) is 10.1. The van der Waals surface area contributed by atoms with Crippen LogP contribution in [0.15, 0.2) is 73.0 Å². The minimum atomic E-state index is -0.352. The van der Waals surface area contributed by atoms with E-state index >= 15 is 0 Å². The van der Waals surface area contributed by atoms with Crippen LogP contribution in [0.3, 0.4) is 0 Å². The standard InChI is InChI=1S/C26H27NO4/c1-5-8-18(3)16-27-17-22(15-26(29)30-6-2)24-12-11-21(14-25(24)27)20-9-7-10-23(13-20)31-19(4)28/h5,7-14,17H,1,6,15-16H2,2-4H3/b18-8+. The van der Waals surface area contributed by atoms with E-state index in [1.165, 1.54) is 6.92 Å². The topological polar surface area (TPSA) is 57.5 Å². The van der Waals surface area contributed by atoms with Crippen molar-refractivity contribution in [3.63, 3.8) is 0 Å². The minimum absolute atomic E-state index is 0.225. The van der Waals surface area contributed by atoms with Crippen LogP contribution < -0.4 is 4.74 Å². The SMILES string of the molecule is C=C/C=C(\C)Cn1cc(CC(=O)OCC)c2ccc(-c3cccc(OC(C)=O)c3)cc21. The molecule has 5 nitrogen and oxygen atoms in total. The smallest absolute Gasteiger partial charge is 0.310 e. The van der Waals surface area contributed by atoms with Crippen molar-refractivity contribution in [1.82, 2.24) is 4.57 Å². The monoisotopic (exact) mass is 417 g/mol. The number of nitrogens with zero attached hydrogens (tertiary/aromatic N) is 1. The van der Waals surface area contributed by atoms with Crippen molar-refractivity contribution in [3.8, 4) is 16.9 Å². The first-order chi connectivity index (χ1) is 14.9. The molecule has 0 amide bonds. The molecule has 0 N–H and O–H groups in total. The van der Waals surface area contributed by atoms with E-state index in [0.29, 0.717) is 18.9 Å². The van der Waals surface area contributed by atoms with Crippen LogP contribution >= 0.6 is 0 Å². The highest BCUT2D eigenvalue weighted by molar-refractivity contribution is 5.91. The molecule has 160 valence electrons. The van der Waals surface area contributed by atoms with Crippen LogP contribution in [0.2, 0.25) is 0 Å². The van der Waals surface area contributed by atoms with Crippen molar-refractivity contribution in [2.75, 3.05) is 6.61 Å². The van der Waals surface area contributed by atoms with E-state index < -0.39 is 0 Å². The summed E-state index contributed by atoms with van der Waals surface area (Å²) < 4.78 is 12.5. The van der Waals surface area contributed by atoms with E-state index in [0.717, 1.165) is 33.2 Å². The van der Waals surface area contributed by atoms with Gasteiger partial charge >= 0.3 is 11.9 Å². The van der Waals surface area contributed by atoms with Crippen molar-refractivity contribution in [2.24, 2.45) is 0 Å². The van der Waals surface area contributed by atoms with Gasteiger partial charge in [0.15, 0.2) is 0 Å². The predicted molar refractivity (Wildman–Crippen MR) is 123 cm³/mol. The molecule has 5 heteroatoms. The van der Waals surface area contributed by atoms with E-state index in [1.807, 2.05) is 49.5 Å². The first-order valence-corrected chi connectivity index (χ1v) is 10.3. The molecule has 0 aliphatic rings. The van der Waals surface area contributed by atoms with Crippen molar-refractivity contribution in [1.29, 1.82) is 0 Å². The molecule has 0 atom stereocenters. The van der Waals surface area contributed by atoms with Crippen LogP contribution in [0.4, 0.5) is 0 Å². The summed E-state index contributed by atoms with van der Waals surface area (Å²) in [5.41, 5.74) is 5.04. The summed E-state index contributed by atoms with van der Waals surface area (Å²) in [6.07, 6.45) is 5.99. The Hall–Kier alpha value is -3.60. The maximum Gasteiger partial charge on any atom is 0.310 e. The number of esters is 2. The predicted octanol–water partition coefficient (Wildman–Crippen LogP) is 5.47. The summed E-state index contributed by atoms with van der Waals surface area (Å²) in [5, 5.41) is 1.01. The molecular weight excluding hydrogens is 390 g/mol. The number of benzene rings is 2. The van der Waals surface area contributed by atoms with Gasteiger partial charge in [0.1, 0.15) is 5.75 Å². The van der Waals surface area contributed by atoms with Crippen LogP contribution in [0.5, 0.6) is 5.75 Å². The molecule has 0 aliphatic carbocycles. The molecule has 0 saturated carbocycles. The fourth-order valence-electron chi connectivity index (χ4n) is 3.61. The molecule has 31 heavy (non-hydrogen) atoms. The quantitative estimate of drug-likeness (QED) is 0.277. The van der Waals surface area contributed by atoms with Crippen LogP contribution in [0, 0.1) is 0 Å². The van der Waals surface area contributed by atoms with Crippen LogP contribution in [0.25, 0.3) is 22.0 Å². The number of carbonyl (C=O) groups is 2. The summed E-state index contributed by atoms with van der Waals surface area (Å²) in [6, 6.07) is 13.6. The average Bonchev–Trinajstić information content (AvgIpc) is 3.04. The molecule has 0 radical (unpaired) electrons. The van der Waals surface area contributed by atoms with E-state index in [9.17, 15) is 9.59 Å². The van der Waals surface area contributed by atoms with Crippen molar-refractivity contribution >= 4 is 22.8 Å². The first-order valence-electron chi connectivity index (χ1n) is 10.3. The largest absolute Gasteiger partial charge is 0.466 e. The number of aromatic nitrogens is 1. The Morgan fingerprint density at radius 3 is 2.58 bits per heavy atom. The zero-order valence-corrected chi connectivity index (χ0v) is 18.2. The number of hydrogen-bond donors (Lipinski definition) is 0. The highest BCUT2D eigenvalue weighted by Gasteiger charge is 2.14. The zero-order valence-electron chi connectivity index (χ0n) is 18.2. The molecule has 0 fully saturated rings. The zero-order chi connectivity index (χ0) is 22.4. The second-order valence-electron chi connectivity index (χ2n) is 7.37. The summed E-state index contributed by atoms with van der Waals surface area (Å²) in [4.78, 5) is 23.4. The number of hydrogen-bond acceptors (Lipinski definition) is 4. The molecule has 0 unspecified atom stereocenters. The number of carbonyl (C=O) groups excluding carboxylic acids is 2. The van der Waals surface area contributed by atoms with Crippen molar-refractivity contribution in [2.45, 2.75) is 33.7 Å². The van der Waals surface area contributed by atoms with Gasteiger partial charge in [-0.3, -0.25) is 9.59 Å². The molecule has 3 aromatic rings. The lowest BCUT2D eigenvalue weighted by molar-refractivity contribution is -0.142. The van der Waals surface area contributed by atoms with Gasteiger partial charge in [0, 0.05) is 30.6 Å². The third-order valence-electron chi connectivity index (χ3n) is 4.86. The molecule has 3 rings (SSSR count). The van der Waals surface area contributed by atoms with E-state index in [-0.39, 0.29) is 18.4 Å². The van der Waals surface area contributed by atoms with Gasteiger partial charge in [-0.1, -0.05) is 48.6 Å². The molecule has 0 spiro atoms. The first kappa shape index (κ1) is 22.1. The maximum absolute atomic E-state index is 12.1. The highest BCUT2D eigenvalue weighted by atomic mass is 16.5. The lowest BCUT2D eigenvalue weighted by atomic mass is 10.0. The normalized spacial score (nSPS) is 11.4. The Morgan fingerprint density at radius 2 is 1.87 bits per heavy atom. The minimum Gasteiger partial charge on any atom is -0.466 e. The third-order valence-corrected chi connectivity index (χ3v) is 4.86. The molecule has 1 heterocycles. The Balaban J connectivity index is 2.06. The molecule has 0 bridgehead atoms. The van der Waals surface area contributed by atoms with Crippen LogP contribution in [-0.2, 0) is 27.3 Å². The van der Waals surface area contributed by atoms with Crippen molar-refractivity contribution in [3.05, 3.63) is 78.5 Å².